The number of carbonyl (C=O) groups is 2. The molecule has 3 nitrogen and oxygen atoms in total. The van der Waals surface area contributed by atoms with Crippen LogP contribution >= 0.6 is 0 Å². The molecule has 0 spiro atoms. The zero-order valence-electron chi connectivity index (χ0n) is 13.2. The molecule has 116 valence electrons. The number of nitrogens with zero attached hydrogens (tertiary/aromatic N) is 1. The highest BCUT2D eigenvalue weighted by Crippen LogP contribution is 2.33. The van der Waals surface area contributed by atoms with Crippen molar-refractivity contribution in [1.29, 1.82) is 0 Å². The van der Waals surface area contributed by atoms with Gasteiger partial charge < -0.3 is 4.57 Å². The number of benzene rings is 3. The van der Waals surface area contributed by atoms with Crippen LogP contribution in [0.25, 0.3) is 27.5 Å². The van der Waals surface area contributed by atoms with Gasteiger partial charge in [-0.15, -0.1) is 0 Å². The molecule has 1 aromatic heterocycles. The van der Waals surface area contributed by atoms with Gasteiger partial charge >= 0.3 is 0 Å². The first-order valence-corrected chi connectivity index (χ1v) is 7.77. The molecule has 0 aliphatic heterocycles. The largest absolute Gasteiger partial charge is 0.309 e. The smallest absolute Gasteiger partial charge is 0.150 e. The molecule has 1 heterocycles. The molecule has 0 atom stereocenters. The summed E-state index contributed by atoms with van der Waals surface area (Å²) in [6.07, 6.45) is 1.69. The third-order valence-electron chi connectivity index (χ3n) is 4.38. The van der Waals surface area contributed by atoms with E-state index in [1.54, 1.807) is 0 Å². The van der Waals surface area contributed by atoms with Crippen LogP contribution in [0.15, 0.2) is 60.7 Å². The topological polar surface area (TPSA) is 39.1 Å². The average Bonchev–Trinajstić information content (AvgIpc) is 2.95. The first-order chi connectivity index (χ1) is 11.7. The number of aromatic nitrogens is 1. The summed E-state index contributed by atoms with van der Waals surface area (Å²) in [4.78, 5) is 22.3. The van der Waals surface area contributed by atoms with Gasteiger partial charge in [0, 0.05) is 27.6 Å². The summed E-state index contributed by atoms with van der Waals surface area (Å²) >= 11 is 0. The number of hydrogen-bond donors (Lipinski definition) is 0. The van der Waals surface area contributed by atoms with Crippen molar-refractivity contribution >= 4 is 34.4 Å². The summed E-state index contributed by atoms with van der Waals surface area (Å²) in [7, 11) is 0. The Morgan fingerprint density at radius 3 is 1.67 bits per heavy atom. The third kappa shape index (κ3) is 2.14. The van der Waals surface area contributed by atoms with Crippen molar-refractivity contribution in [2.45, 2.75) is 6.92 Å². The van der Waals surface area contributed by atoms with E-state index in [1.807, 2.05) is 36.4 Å². The van der Waals surface area contributed by atoms with Crippen molar-refractivity contribution in [3.05, 3.63) is 77.4 Å². The van der Waals surface area contributed by atoms with Gasteiger partial charge in [0.2, 0.25) is 0 Å². The van der Waals surface area contributed by atoms with Crippen LogP contribution in [0.5, 0.6) is 0 Å². The van der Waals surface area contributed by atoms with Gasteiger partial charge in [0.05, 0.1) is 11.0 Å². The summed E-state index contributed by atoms with van der Waals surface area (Å²) in [5.74, 6) is 0. The van der Waals surface area contributed by atoms with E-state index in [2.05, 4.69) is 35.8 Å². The highest BCUT2D eigenvalue weighted by atomic mass is 16.1. The molecule has 0 aliphatic carbocycles. The lowest BCUT2D eigenvalue weighted by Crippen LogP contribution is -1.94. The first-order valence-electron chi connectivity index (χ1n) is 7.77. The number of hydrogen-bond acceptors (Lipinski definition) is 2. The van der Waals surface area contributed by atoms with Gasteiger partial charge in [0.1, 0.15) is 12.6 Å². The van der Waals surface area contributed by atoms with Gasteiger partial charge in [-0.3, -0.25) is 9.59 Å². The van der Waals surface area contributed by atoms with Gasteiger partial charge in [-0.1, -0.05) is 17.7 Å². The molecular weight excluding hydrogens is 298 g/mol. The zero-order chi connectivity index (χ0) is 16.7. The lowest BCUT2D eigenvalue weighted by molar-refractivity contribution is 0.111. The maximum atomic E-state index is 11.2. The van der Waals surface area contributed by atoms with Crippen molar-refractivity contribution in [1.82, 2.24) is 4.57 Å². The van der Waals surface area contributed by atoms with Crippen molar-refractivity contribution in [2.24, 2.45) is 0 Å². The van der Waals surface area contributed by atoms with Crippen molar-refractivity contribution < 1.29 is 9.59 Å². The van der Waals surface area contributed by atoms with Crippen LogP contribution in [0.3, 0.4) is 0 Å². The van der Waals surface area contributed by atoms with E-state index in [9.17, 15) is 9.59 Å². The average molecular weight is 313 g/mol. The quantitative estimate of drug-likeness (QED) is 0.513. The molecule has 4 aromatic rings. The molecule has 0 aliphatic rings. The Balaban J connectivity index is 2.15. The molecular formula is C21H15NO2. The first kappa shape index (κ1) is 14.4. The predicted molar refractivity (Wildman–Crippen MR) is 96.3 cm³/mol. The van der Waals surface area contributed by atoms with Crippen LogP contribution in [0.1, 0.15) is 26.3 Å². The number of rotatable bonds is 3. The number of fused-ring (bicyclic) bond motifs is 3. The fourth-order valence-electron chi connectivity index (χ4n) is 3.18. The molecule has 0 N–H and O–H groups in total. The Kier molecular flexibility index (Phi) is 3.28. The van der Waals surface area contributed by atoms with E-state index < -0.39 is 0 Å². The van der Waals surface area contributed by atoms with E-state index in [-0.39, 0.29) is 0 Å². The monoisotopic (exact) mass is 313 g/mol. The number of carbonyl (C=O) groups excluding carboxylic acids is 2. The number of aryl methyl sites for hydroxylation is 1. The summed E-state index contributed by atoms with van der Waals surface area (Å²) in [5.41, 5.74) is 5.54. The minimum Gasteiger partial charge on any atom is -0.309 e. The van der Waals surface area contributed by atoms with Crippen LogP contribution in [0.2, 0.25) is 0 Å². The molecule has 0 saturated carbocycles. The van der Waals surface area contributed by atoms with Crippen LogP contribution < -0.4 is 0 Å². The van der Waals surface area contributed by atoms with E-state index in [4.69, 9.17) is 0 Å². The summed E-state index contributed by atoms with van der Waals surface area (Å²) in [5, 5.41) is 1.94. The molecule has 0 unspecified atom stereocenters. The van der Waals surface area contributed by atoms with Crippen molar-refractivity contribution in [2.75, 3.05) is 0 Å². The Bertz CT molecular complexity index is 1020. The Labute approximate surface area is 139 Å². The van der Waals surface area contributed by atoms with E-state index in [0.29, 0.717) is 11.1 Å². The molecule has 4 rings (SSSR count). The van der Waals surface area contributed by atoms with E-state index in [1.165, 1.54) is 5.56 Å². The van der Waals surface area contributed by atoms with Crippen LogP contribution in [0, 0.1) is 6.92 Å². The van der Waals surface area contributed by atoms with Gasteiger partial charge in [0.25, 0.3) is 0 Å². The Morgan fingerprint density at radius 1 is 0.708 bits per heavy atom. The van der Waals surface area contributed by atoms with Gasteiger partial charge in [-0.2, -0.15) is 0 Å². The summed E-state index contributed by atoms with van der Waals surface area (Å²) in [6.45, 7) is 2.06. The third-order valence-corrected chi connectivity index (χ3v) is 4.38. The minimum absolute atomic E-state index is 0.627. The van der Waals surface area contributed by atoms with Crippen molar-refractivity contribution in [3.63, 3.8) is 0 Å². The molecule has 3 heteroatoms. The SMILES string of the molecule is Cc1ccc(-n2c3ccc(C=O)cc3c3cc(C=O)ccc32)cc1. The van der Waals surface area contributed by atoms with E-state index >= 15 is 0 Å². The second-order valence-electron chi connectivity index (χ2n) is 5.96. The van der Waals surface area contributed by atoms with Crippen LogP contribution in [-0.4, -0.2) is 17.1 Å². The van der Waals surface area contributed by atoms with Gasteiger partial charge in [-0.25, -0.2) is 0 Å². The molecule has 24 heavy (non-hydrogen) atoms. The molecule has 0 saturated heterocycles. The minimum atomic E-state index is 0.627. The second kappa shape index (κ2) is 5.46. The van der Waals surface area contributed by atoms with Gasteiger partial charge in [0.15, 0.2) is 0 Å². The maximum Gasteiger partial charge on any atom is 0.150 e. The fraction of sp³-hybridized carbons (Fsp3) is 0.0476. The van der Waals surface area contributed by atoms with Crippen LogP contribution in [0.4, 0.5) is 0 Å². The summed E-state index contributed by atoms with van der Waals surface area (Å²) in [6, 6.07) is 19.6. The van der Waals surface area contributed by atoms with E-state index in [0.717, 1.165) is 40.1 Å². The van der Waals surface area contributed by atoms with Crippen molar-refractivity contribution in [3.8, 4) is 5.69 Å². The predicted octanol–water partition coefficient (Wildman–Crippen LogP) is 4.72. The number of aldehydes is 2. The fourth-order valence-corrected chi connectivity index (χ4v) is 3.18. The Morgan fingerprint density at radius 2 is 1.21 bits per heavy atom. The normalized spacial score (nSPS) is 11.0. The second-order valence-corrected chi connectivity index (χ2v) is 5.96. The molecule has 0 amide bonds. The lowest BCUT2D eigenvalue weighted by Gasteiger charge is -2.08. The molecule has 0 radical (unpaired) electrons. The van der Waals surface area contributed by atoms with Crippen LogP contribution in [-0.2, 0) is 0 Å². The maximum absolute atomic E-state index is 11.2. The lowest BCUT2D eigenvalue weighted by atomic mass is 10.1. The molecule has 3 aromatic carbocycles. The molecule has 0 fully saturated rings. The zero-order valence-corrected chi connectivity index (χ0v) is 13.2. The standard InChI is InChI=1S/C21H15NO2/c1-14-2-6-17(7-3-14)22-20-8-4-15(12-23)10-18(20)19-11-16(13-24)5-9-21(19)22/h2-13H,1H3. The highest BCUT2D eigenvalue weighted by molar-refractivity contribution is 6.11. The summed E-state index contributed by atoms with van der Waals surface area (Å²) < 4.78 is 2.16. The highest BCUT2D eigenvalue weighted by Gasteiger charge is 2.13. The molecule has 0 bridgehead atoms. The Hall–Kier alpha value is -3.20. The van der Waals surface area contributed by atoms with Gasteiger partial charge in [-0.05, 0) is 55.5 Å².